The number of nitrogen functional groups attached to an aromatic ring is 1. The third-order valence-corrected chi connectivity index (χ3v) is 3.78. The zero-order valence-corrected chi connectivity index (χ0v) is 11.0. The number of carboxylic acid groups (broad SMARTS) is 1. The number of rotatable bonds is 3. The van der Waals surface area contributed by atoms with Crippen molar-refractivity contribution in [2.75, 3.05) is 5.73 Å². The number of hydrogen-bond donors (Lipinski definition) is 2. The van der Waals surface area contributed by atoms with Crippen molar-refractivity contribution in [3.8, 4) is 10.4 Å². The summed E-state index contributed by atoms with van der Waals surface area (Å²) in [5.74, 6) is -0.898. The van der Waals surface area contributed by atoms with E-state index in [-0.39, 0.29) is 6.42 Å². The predicted octanol–water partition coefficient (Wildman–Crippen LogP) is 2.64. The van der Waals surface area contributed by atoms with E-state index in [0.29, 0.717) is 10.8 Å². The van der Waals surface area contributed by atoms with Gasteiger partial charge in [-0.3, -0.25) is 4.79 Å². The Balaban J connectivity index is 2.49. The zero-order valence-electron chi connectivity index (χ0n) is 10.2. The van der Waals surface area contributed by atoms with E-state index in [0.717, 1.165) is 10.4 Å². The smallest absolute Gasteiger partial charge is 0.309 e. The number of aryl methyl sites for hydroxylation is 2. The molecule has 0 saturated heterocycles. The van der Waals surface area contributed by atoms with Gasteiger partial charge in [0.05, 0.1) is 17.0 Å². The number of nitrogens with two attached hydrogens (primary N) is 1. The molecule has 0 aliphatic heterocycles. The van der Waals surface area contributed by atoms with Gasteiger partial charge in [0.15, 0.2) is 5.13 Å². The SMILES string of the molecule is Cc1ccc(-c2sc(N)nc2CC(=O)O)cc1C. The largest absolute Gasteiger partial charge is 0.481 e. The number of thiazole rings is 1. The monoisotopic (exact) mass is 262 g/mol. The van der Waals surface area contributed by atoms with Gasteiger partial charge >= 0.3 is 5.97 Å². The summed E-state index contributed by atoms with van der Waals surface area (Å²) in [7, 11) is 0. The van der Waals surface area contributed by atoms with Crippen LogP contribution in [0.2, 0.25) is 0 Å². The van der Waals surface area contributed by atoms with Gasteiger partial charge in [0.1, 0.15) is 0 Å². The molecule has 3 N–H and O–H groups in total. The van der Waals surface area contributed by atoms with Gasteiger partial charge < -0.3 is 10.8 Å². The first-order valence-electron chi connectivity index (χ1n) is 5.52. The van der Waals surface area contributed by atoms with Gasteiger partial charge in [-0.25, -0.2) is 4.98 Å². The van der Waals surface area contributed by atoms with E-state index < -0.39 is 5.97 Å². The number of benzene rings is 1. The summed E-state index contributed by atoms with van der Waals surface area (Å²) in [5, 5.41) is 9.27. The Kier molecular flexibility index (Phi) is 3.34. The molecule has 18 heavy (non-hydrogen) atoms. The molecule has 94 valence electrons. The van der Waals surface area contributed by atoms with Crippen molar-refractivity contribution in [2.45, 2.75) is 20.3 Å². The van der Waals surface area contributed by atoms with Gasteiger partial charge in [0.2, 0.25) is 0 Å². The first kappa shape index (κ1) is 12.6. The second-order valence-corrected chi connectivity index (χ2v) is 5.23. The van der Waals surface area contributed by atoms with Crippen LogP contribution in [0, 0.1) is 13.8 Å². The number of carboxylic acids is 1. The minimum absolute atomic E-state index is 0.101. The van der Waals surface area contributed by atoms with Crippen molar-refractivity contribution in [3.63, 3.8) is 0 Å². The van der Waals surface area contributed by atoms with E-state index in [1.807, 2.05) is 32.0 Å². The lowest BCUT2D eigenvalue weighted by atomic mass is 10.0. The Morgan fingerprint density at radius 1 is 1.39 bits per heavy atom. The van der Waals surface area contributed by atoms with Crippen molar-refractivity contribution < 1.29 is 9.90 Å². The molecule has 0 bridgehead atoms. The molecule has 0 unspecified atom stereocenters. The Hall–Kier alpha value is -1.88. The summed E-state index contributed by atoms with van der Waals surface area (Å²) in [6, 6.07) is 6.03. The summed E-state index contributed by atoms with van der Waals surface area (Å²) < 4.78 is 0. The molecule has 0 atom stereocenters. The molecule has 0 saturated carbocycles. The molecule has 2 aromatic rings. The van der Waals surface area contributed by atoms with E-state index in [2.05, 4.69) is 4.98 Å². The number of anilines is 1. The molecular weight excluding hydrogens is 248 g/mol. The summed E-state index contributed by atoms with van der Waals surface area (Å²) in [5.41, 5.74) is 9.56. The Bertz CT molecular complexity index is 605. The van der Waals surface area contributed by atoms with Crippen molar-refractivity contribution in [1.82, 2.24) is 4.98 Å². The maximum atomic E-state index is 10.8. The molecule has 0 fully saturated rings. The second-order valence-electron chi connectivity index (χ2n) is 4.20. The maximum Gasteiger partial charge on any atom is 0.309 e. The average Bonchev–Trinajstić information content (AvgIpc) is 2.62. The number of hydrogen-bond acceptors (Lipinski definition) is 4. The lowest BCUT2D eigenvalue weighted by Gasteiger charge is -2.04. The topological polar surface area (TPSA) is 76.2 Å². The van der Waals surface area contributed by atoms with Crippen molar-refractivity contribution >= 4 is 22.4 Å². The Labute approximate surface area is 109 Å². The Morgan fingerprint density at radius 3 is 2.72 bits per heavy atom. The lowest BCUT2D eigenvalue weighted by Crippen LogP contribution is -2.02. The van der Waals surface area contributed by atoms with Crippen LogP contribution < -0.4 is 5.73 Å². The van der Waals surface area contributed by atoms with E-state index in [4.69, 9.17) is 10.8 Å². The second kappa shape index (κ2) is 4.78. The third kappa shape index (κ3) is 2.51. The zero-order chi connectivity index (χ0) is 13.3. The van der Waals surface area contributed by atoms with Gasteiger partial charge in [-0.15, -0.1) is 0 Å². The van der Waals surface area contributed by atoms with E-state index in [1.54, 1.807) is 0 Å². The van der Waals surface area contributed by atoms with Gasteiger partial charge in [-0.2, -0.15) is 0 Å². The van der Waals surface area contributed by atoms with Gasteiger partial charge in [0.25, 0.3) is 0 Å². The number of aliphatic carboxylic acids is 1. The number of carbonyl (C=O) groups is 1. The fourth-order valence-electron chi connectivity index (χ4n) is 1.74. The lowest BCUT2D eigenvalue weighted by molar-refractivity contribution is -0.136. The van der Waals surface area contributed by atoms with Crippen molar-refractivity contribution in [1.29, 1.82) is 0 Å². The maximum absolute atomic E-state index is 10.8. The summed E-state index contributed by atoms with van der Waals surface area (Å²) in [4.78, 5) is 15.7. The van der Waals surface area contributed by atoms with Crippen LogP contribution in [0.5, 0.6) is 0 Å². The number of aromatic nitrogens is 1. The van der Waals surface area contributed by atoms with Crippen LogP contribution in [0.3, 0.4) is 0 Å². The number of nitrogens with zero attached hydrogens (tertiary/aromatic N) is 1. The molecule has 0 amide bonds. The van der Waals surface area contributed by atoms with Crippen LogP contribution in [0.25, 0.3) is 10.4 Å². The molecule has 1 aromatic carbocycles. The highest BCUT2D eigenvalue weighted by molar-refractivity contribution is 7.18. The molecule has 0 spiro atoms. The molecular formula is C13H14N2O2S. The summed E-state index contributed by atoms with van der Waals surface area (Å²) in [6.45, 7) is 4.07. The minimum atomic E-state index is -0.898. The minimum Gasteiger partial charge on any atom is -0.481 e. The highest BCUT2D eigenvalue weighted by Gasteiger charge is 2.14. The van der Waals surface area contributed by atoms with Crippen LogP contribution in [-0.4, -0.2) is 16.1 Å². The molecule has 1 aromatic heterocycles. The van der Waals surface area contributed by atoms with Crippen molar-refractivity contribution in [2.24, 2.45) is 0 Å². The third-order valence-electron chi connectivity index (χ3n) is 2.80. The van der Waals surface area contributed by atoms with E-state index in [9.17, 15) is 4.79 Å². The first-order valence-corrected chi connectivity index (χ1v) is 6.33. The molecule has 0 radical (unpaired) electrons. The molecule has 2 rings (SSSR count). The average molecular weight is 262 g/mol. The fourth-order valence-corrected chi connectivity index (χ4v) is 2.59. The van der Waals surface area contributed by atoms with Crippen LogP contribution >= 0.6 is 11.3 Å². The summed E-state index contributed by atoms with van der Waals surface area (Å²) in [6.07, 6.45) is -0.101. The summed E-state index contributed by atoms with van der Waals surface area (Å²) >= 11 is 1.33. The van der Waals surface area contributed by atoms with Gasteiger partial charge in [0, 0.05) is 0 Å². The molecule has 1 heterocycles. The fraction of sp³-hybridized carbons (Fsp3) is 0.231. The molecule has 0 aliphatic carbocycles. The highest BCUT2D eigenvalue weighted by Crippen LogP contribution is 2.33. The standard InChI is InChI=1S/C13H14N2O2S/c1-7-3-4-9(5-8(7)2)12-10(6-11(16)17)15-13(14)18-12/h3-5H,6H2,1-2H3,(H2,14,15)(H,16,17). The van der Waals surface area contributed by atoms with Crippen LogP contribution in [-0.2, 0) is 11.2 Å². The molecule has 4 nitrogen and oxygen atoms in total. The van der Waals surface area contributed by atoms with Gasteiger partial charge in [-0.05, 0) is 30.5 Å². The van der Waals surface area contributed by atoms with E-state index in [1.165, 1.54) is 22.5 Å². The highest BCUT2D eigenvalue weighted by atomic mass is 32.1. The Morgan fingerprint density at radius 2 is 2.11 bits per heavy atom. The predicted molar refractivity (Wildman–Crippen MR) is 72.8 cm³/mol. The normalized spacial score (nSPS) is 10.6. The van der Waals surface area contributed by atoms with Gasteiger partial charge in [-0.1, -0.05) is 29.5 Å². The quantitative estimate of drug-likeness (QED) is 0.891. The van der Waals surface area contributed by atoms with Crippen molar-refractivity contribution in [3.05, 3.63) is 35.0 Å². The molecule has 5 heteroatoms. The van der Waals surface area contributed by atoms with Crippen LogP contribution in [0.15, 0.2) is 18.2 Å². The van der Waals surface area contributed by atoms with E-state index >= 15 is 0 Å². The van der Waals surface area contributed by atoms with Crippen LogP contribution in [0.1, 0.15) is 16.8 Å². The van der Waals surface area contributed by atoms with Crippen LogP contribution in [0.4, 0.5) is 5.13 Å². The molecule has 0 aliphatic rings. The first-order chi connectivity index (χ1) is 8.47.